The van der Waals surface area contributed by atoms with Crippen molar-refractivity contribution in [2.45, 2.75) is 13.5 Å². The average molecular weight is 305 g/mol. The third-order valence-electron chi connectivity index (χ3n) is 3.29. The maximum absolute atomic E-state index is 12.1. The van der Waals surface area contributed by atoms with Gasteiger partial charge in [0.05, 0.1) is 18.5 Å². The normalized spacial score (nSPS) is 11.9. The van der Waals surface area contributed by atoms with E-state index in [1.54, 1.807) is 18.4 Å². The van der Waals surface area contributed by atoms with Crippen LogP contribution in [0.2, 0.25) is 0 Å². The number of carbonyl (C=O) groups is 1. The van der Waals surface area contributed by atoms with Gasteiger partial charge in [-0.05, 0) is 42.6 Å². The summed E-state index contributed by atoms with van der Waals surface area (Å²) >= 11 is 1.74. The predicted molar refractivity (Wildman–Crippen MR) is 86.0 cm³/mol. The minimum absolute atomic E-state index is 0.0357. The molecular formula is C16H21N2O2S+. The number of benzene rings is 1. The molecule has 5 heteroatoms. The Bertz CT molecular complexity index is 552. The second-order valence-corrected chi connectivity index (χ2v) is 5.85. The Balaban J connectivity index is 1.86. The van der Waals surface area contributed by atoms with Crippen molar-refractivity contribution in [2.75, 3.05) is 25.5 Å². The van der Waals surface area contributed by atoms with Gasteiger partial charge in [0.2, 0.25) is 0 Å². The van der Waals surface area contributed by atoms with Crippen molar-refractivity contribution in [1.82, 2.24) is 0 Å². The Labute approximate surface area is 129 Å². The van der Waals surface area contributed by atoms with E-state index in [0.717, 1.165) is 24.5 Å². The third-order valence-corrected chi connectivity index (χ3v) is 4.17. The SMILES string of the molecule is CC[NH+](CC(=O)Nc1ccc(OC)cc1)Cc1cccs1. The van der Waals surface area contributed by atoms with Gasteiger partial charge in [-0.15, -0.1) is 11.3 Å². The molecule has 1 amide bonds. The predicted octanol–water partition coefficient (Wildman–Crippen LogP) is 1.80. The van der Waals surface area contributed by atoms with E-state index in [1.807, 2.05) is 30.3 Å². The molecule has 0 aliphatic heterocycles. The number of hydrogen-bond donors (Lipinski definition) is 2. The highest BCUT2D eigenvalue weighted by Gasteiger charge is 2.13. The molecule has 1 unspecified atom stereocenters. The van der Waals surface area contributed by atoms with Gasteiger partial charge in [0.1, 0.15) is 12.3 Å². The third kappa shape index (κ3) is 4.88. The molecular weight excluding hydrogens is 284 g/mol. The van der Waals surface area contributed by atoms with Crippen molar-refractivity contribution < 1.29 is 14.4 Å². The van der Waals surface area contributed by atoms with Crippen LogP contribution < -0.4 is 15.0 Å². The minimum atomic E-state index is 0.0357. The zero-order valence-corrected chi connectivity index (χ0v) is 13.2. The maximum atomic E-state index is 12.1. The van der Waals surface area contributed by atoms with Crippen LogP contribution in [0.25, 0.3) is 0 Å². The fraction of sp³-hybridized carbons (Fsp3) is 0.312. The van der Waals surface area contributed by atoms with E-state index < -0.39 is 0 Å². The summed E-state index contributed by atoms with van der Waals surface area (Å²) < 4.78 is 5.10. The van der Waals surface area contributed by atoms with Crippen LogP contribution in [0.15, 0.2) is 41.8 Å². The number of nitrogens with one attached hydrogen (secondary N) is 2. The number of quaternary nitrogens is 1. The molecule has 0 saturated carbocycles. The number of rotatable bonds is 7. The lowest BCUT2D eigenvalue weighted by Crippen LogP contribution is -3.11. The molecule has 0 aliphatic carbocycles. The van der Waals surface area contributed by atoms with Gasteiger partial charge in [0.25, 0.3) is 5.91 Å². The van der Waals surface area contributed by atoms with E-state index >= 15 is 0 Å². The summed E-state index contributed by atoms with van der Waals surface area (Å²) in [6, 6.07) is 11.5. The van der Waals surface area contributed by atoms with E-state index in [4.69, 9.17) is 4.74 Å². The molecule has 1 heterocycles. The van der Waals surface area contributed by atoms with Crippen molar-refractivity contribution in [1.29, 1.82) is 0 Å². The van der Waals surface area contributed by atoms with E-state index in [-0.39, 0.29) is 5.91 Å². The topological polar surface area (TPSA) is 42.8 Å². The zero-order valence-electron chi connectivity index (χ0n) is 12.4. The van der Waals surface area contributed by atoms with Crippen LogP contribution in [0.5, 0.6) is 5.75 Å². The Hall–Kier alpha value is -1.85. The van der Waals surface area contributed by atoms with Gasteiger partial charge in [0, 0.05) is 5.69 Å². The summed E-state index contributed by atoms with van der Waals surface area (Å²) in [4.78, 5) is 14.7. The quantitative estimate of drug-likeness (QED) is 0.819. The van der Waals surface area contributed by atoms with Crippen LogP contribution in [-0.2, 0) is 11.3 Å². The highest BCUT2D eigenvalue weighted by molar-refractivity contribution is 7.09. The molecule has 0 radical (unpaired) electrons. The fourth-order valence-corrected chi connectivity index (χ4v) is 2.86. The number of amides is 1. The zero-order chi connectivity index (χ0) is 15.1. The molecule has 0 bridgehead atoms. The first kappa shape index (κ1) is 15.5. The summed E-state index contributed by atoms with van der Waals surface area (Å²) in [7, 11) is 1.63. The van der Waals surface area contributed by atoms with E-state index in [2.05, 4.69) is 23.7 Å². The fourth-order valence-electron chi connectivity index (χ4n) is 2.08. The summed E-state index contributed by atoms with van der Waals surface area (Å²) in [5.41, 5.74) is 0.798. The molecule has 0 fully saturated rings. The molecule has 1 aromatic heterocycles. The number of ether oxygens (including phenoxy) is 1. The van der Waals surface area contributed by atoms with Gasteiger partial charge in [-0.2, -0.15) is 0 Å². The number of carbonyl (C=O) groups excluding carboxylic acids is 1. The Morgan fingerprint density at radius 1 is 1.29 bits per heavy atom. The van der Waals surface area contributed by atoms with Crippen LogP contribution in [0, 0.1) is 0 Å². The Morgan fingerprint density at radius 3 is 2.62 bits per heavy atom. The first-order valence-corrected chi connectivity index (χ1v) is 7.89. The van der Waals surface area contributed by atoms with Crippen molar-refractivity contribution in [2.24, 2.45) is 0 Å². The molecule has 0 spiro atoms. The molecule has 4 nitrogen and oxygen atoms in total. The van der Waals surface area contributed by atoms with Gasteiger partial charge in [-0.1, -0.05) is 6.07 Å². The molecule has 1 atom stereocenters. The molecule has 0 saturated heterocycles. The van der Waals surface area contributed by atoms with Crippen molar-refractivity contribution in [3.05, 3.63) is 46.7 Å². The van der Waals surface area contributed by atoms with Crippen molar-refractivity contribution >= 4 is 22.9 Å². The highest BCUT2D eigenvalue weighted by Crippen LogP contribution is 2.14. The Kier molecular flexibility index (Phi) is 5.78. The van der Waals surface area contributed by atoms with E-state index in [9.17, 15) is 4.79 Å². The standard InChI is InChI=1S/C16H20N2O2S/c1-3-18(11-15-5-4-10-21-15)12-16(19)17-13-6-8-14(20-2)9-7-13/h4-10H,3,11-12H2,1-2H3,(H,17,19)/p+1. The second kappa shape index (κ2) is 7.81. The lowest BCUT2D eigenvalue weighted by Gasteiger charge is -2.16. The van der Waals surface area contributed by atoms with Gasteiger partial charge in [0.15, 0.2) is 6.54 Å². The highest BCUT2D eigenvalue weighted by atomic mass is 32.1. The van der Waals surface area contributed by atoms with Gasteiger partial charge < -0.3 is 15.0 Å². The second-order valence-electron chi connectivity index (χ2n) is 4.81. The average Bonchev–Trinajstić information content (AvgIpc) is 3.00. The first-order valence-electron chi connectivity index (χ1n) is 7.01. The van der Waals surface area contributed by atoms with E-state index in [0.29, 0.717) is 6.54 Å². The van der Waals surface area contributed by atoms with Crippen LogP contribution in [0.1, 0.15) is 11.8 Å². The smallest absolute Gasteiger partial charge is 0.279 e. The van der Waals surface area contributed by atoms with Gasteiger partial charge in [-0.3, -0.25) is 4.79 Å². The number of hydrogen-bond acceptors (Lipinski definition) is 3. The van der Waals surface area contributed by atoms with Crippen molar-refractivity contribution in [3.8, 4) is 5.75 Å². The Morgan fingerprint density at radius 2 is 2.05 bits per heavy atom. The number of thiophene rings is 1. The maximum Gasteiger partial charge on any atom is 0.279 e. The van der Waals surface area contributed by atoms with Crippen LogP contribution in [0.4, 0.5) is 5.69 Å². The van der Waals surface area contributed by atoms with Crippen molar-refractivity contribution in [3.63, 3.8) is 0 Å². The number of methoxy groups -OCH3 is 1. The number of likely N-dealkylation sites (N-methyl/N-ethyl adjacent to an activating group) is 1. The monoisotopic (exact) mass is 305 g/mol. The molecule has 21 heavy (non-hydrogen) atoms. The lowest BCUT2D eigenvalue weighted by atomic mass is 10.3. The van der Waals surface area contributed by atoms with Crippen LogP contribution >= 0.6 is 11.3 Å². The summed E-state index contributed by atoms with van der Waals surface area (Å²) in [6.07, 6.45) is 0. The molecule has 0 aliphatic rings. The van der Waals surface area contributed by atoms with Gasteiger partial charge >= 0.3 is 0 Å². The van der Waals surface area contributed by atoms with Crippen LogP contribution in [0.3, 0.4) is 0 Å². The largest absolute Gasteiger partial charge is 0.497 e. The van der Waals surface area contributed by atoms with Crippen LogP contribution in [-0.4, -0.2) is 26.1 Å². The molecule has 2 rings (SSSR count). The number of anilines is 1. The summed E-state index contributed by atoms with van der Waals surface area (Å²) in [5, 5.41) is 5.00. The molecule has 1 aromatic carbocycles. The minimum Gasteiger partial charge on any atom is -0.497 e. The lowest BCUT2D eigenvalue weighted by molar-refractivity contribution is -0.903. The first-order chi connectivity index (χ1) is 10.2. The van der Waals surface area contributed by atoms with Gasteiger partial charge in [-0.25, -0.2) is 0 Å². The molecule has 2 aromatic rings. The molecule has 112 valence electrons. The summed E-state index contributed by atoms with van der Waals surface area (Å²) in [5.74, 6) is 0.820. The summed E-state index contributed by atoms with van der Waals surface area (Å²) in [6.45, 7) is 4.39. The molecule has 2 N–H and O–H groups in total. The van der Waals surface area contributed by atoms with E-state index in [1.165, 1.54) is 9.78 Å².